The Labute approximate surface area is 87.7 Å². The molecule has 0 saturated heterocycles. The third-order valence-electron chi connectivity index (χ3n) is 2.52. The zero-order valence-electron chi connectivity index (χ0n) is 8.92. The number of hydrogen-bond donors (Lipinski definition) is 2. The normalized spacial score (nSPS) is 12.4. The molecule has 1 rings (SSSR count). The van der Waals surface area contributed by atoms with E-state index in [9.17, 15) is 4.79 Å². The van der Waals surface area contributed by atoms with E-state index in [0.29, 0.717) is 11.3 Å². The van der Waals surface area contributed by atoms with Gasteiger partial charge in [0.05, 0.1) is 0 Å². The Hall–Kier alpha value is -0.880. The van der Waals surface area contributed by atoms with Gasteiger partial charge in [-0.25, -0.2) is 9.89 Å². The summed E-state index contributed by atoms with van der Waals surface area (Å²) < 4.78 is 1.96. The first-order valence-corrected chi connectivity index (χ1v) is 4.80. The summed E-state index contributed by atoms with van der Waals surface area (Å²) >= 11 is 4.99. The summed E-state index contributed by atoms with van der Waals surface area (Å²) in [5.74, 6) is 0. The maximum absolute atomic E-state index is 11.3. The van der Waals surface area contributed by atoms with Crippen LogP contribution < -0.4 is 5.69 Å². The maximum Gasteiger partial charge on any atom is 0.342 e. The fraction of sp³-hybridized carbons (Fsp3) is 0.750. The Morgan fingerprint density at radius 3 is 2.36 bits per heavy atom. The van der Waals surface area contributed by atoms with Crippen LogP contribution in [-0.2, 0) is 6.54 Å². The standard InChI is InChI=1S/C8H16N4OS/c1-8(2,11(3)4)5-12-6(13)9-10-7(12)14/h5H2,1-4H3,(H,9,13)(H,10,14). The van der Waals surface area contributed by atoms with Gasteiger partial charge in [-0.1, -0.05) is 0 Å². The molecule has 2 N–H and O–H groups in total. The molecule has 14 heavy (non-hydrogen) atoms. The second-order valence-corrected chi connectivity index (χ2v) is 4.54. The number of aromatic amines is 2. The van der Waals surface area contributed by atoms with Crippen LogP contribution in [0.15, 0.2) is 4.79 Å². The third-order valence-corrected chi connectivity index (χ3v) is 2.84. The van der Waals surface area contributed by atoms with E-state index in [1.54, 1.807) is 0 Å². The molecule has 0 aliphatic rings. The van der Waals surface area contributed by atoms with E-state index in [2.05, 4.69) is 28.9 Å². The minimum atomic E-state index is -0.190. The van der Waals surface area contributed by atoms with Crippen LogP contribution >= 0.6 is 12.2 Å². The summed E-state index contributed by atoms with van der Waals surface area (Å²) in [6.45, 7) is 4.68. The van der Waals surface area contributed by atoms with Crippen molar-refractivity contribution >= 4 is 12.2 Å². The molecule has 0 atom stereocenters. The van der Waals surface area contributed by atoms with Crippen molar-refractivity contribution in [3.8, 4) is 0 Å². The minimum Gasteiger partial charge on any atom is -0.302 e. The van der Waals surface area contributed by atoms with Gasteiger partial charge in [0.25, 0.3) is 0 Å². The molecular formula is C8H16N4OS. The predicted octanol–water partition coefficient (Wildman–Crippen LogP) is 0.574. The zero-order valence-corrected chi connectivity index (χ0v) is 9.73. The van der Waals surface area contributed by atoms with Gasteiger partial charge in [0.2, 0.25) is 0 Å². The van der Waals surface area contributed by atoms with Gasteiger partial charge in [-0.05, 0) is 40.2 Å². The Morgan fingerprint density at radius 2 is 2.00 bits per heavy atom. The van der Waals surface area contributed by atoms with Crippen LogP contribution in [-0.4, -0.2) is 39.3 Å². The van der Waals surface area contributed by atoms with E-state index in [-0.39, 0.29) is 11.2 Å². The maximum atomic E-state index is 11.3. The SMILES string of the molecule is CN(C)C(C)(C)Cn1c(=O)[nH][nH]c1=S. The molecule has 0 fully saturated rings. The lowest BCUT2D eigenvalue weighted by molar-refractivity contribution is 0.167. The van der Waals surface area contributed by atoms with E-state index < -0.39 is 0 Å². The second kappa shape index (κ2) is 3.70. The fourth-order valence-corrected chi connectivity index (χ4v) is 1.20. The predicted molar refractivity (Wildman–Crippen MR) is 58.0 cm³/mol. The van der Waals surface area contributed by atoms with E-state index in [0.717, 1.165) is 0 Å². The monoisotopic (exact) mass is 216 g/mol. The van der Waals surface area contributed by atoms with E-state index in [1.807, 2.05) is 14.1 Å². The molecule has 1 aromatic heterocycles. The van der Waals surface area contributed by atoms with Crippen LogP contribution in [0.5, 0.6) is 0 Å². The molecule has 0 saturated carbocycles. The van der Waals surface area contributed by atoms with Crippen molar-refractivity contribution < 1.29 is 0 Å². The summed E-state index contributed by atoms with van der Waals surface area (Å²) in [4.78, 5) is 13.4. The fourth-order valence-electron chi connectivity index (χ4n) is 1.01. The highest BCUT2D eigenvalue weighted by molar-refractivity contribution is 7.71. The largest absolute Gasteiger partial charge is 0.342 e. The lowest BCUT2D eigenvalue weighted by Crippen LogP contribution is -2.43. The van der Waals surface area contributed by atoms with Gasteiger partial charge in [0.15, 0.2) is 4.77 Å². The summed E-state index contributed by atoms with van der Waals surface area (Å²) in [6.07, 6.45) is 0. The molecule has 0 radical (unpaired) electrons. The van der Waals surface area contributed by atoms with E-state index in [1.165, 1.54) is 4.57 Å². The van der Waals surface area contributed by atoms with Crippen molar-refractivity contribution in [1.29, 1.82) is 0 Å². The first-order valence-electron chi connectivity index (χ1n) is 4.39. The highest BCUT2D eigenvalue weighted by Crippen LogP contribution is 2.11. The van der Waals surface area contributed by atoms with Crippen LogP contribution in [0.3, 0.4) is 0 Å². The van der Waals surface area contributed by atoms with E-state index >= 15 is 0 Å². The number of H-pyrrole nitrogens is 2. The van der Waals surface area contributed by atoms with Gasteiger partial charge >= 0.3 is 5.69 Å². The van der Waals surface area contributed by atoms with Crippen LogP contribution in [0.25, 0.3) is 0 Å². The number of aromatic nitrogens is 3. The van der Waals surface area contributed by atoms with Gasteiger partial charge in [-0.3, -0.25) is 9.67 Å². The van der Waals surface area contributed by atoms with E-state index in [4.69, 9.17) is 12.2 Å². The summed E-state index contributed by atoms with van der Waals surface area (Å²) in [6, 6.07) is 0. The average Bonchev–Trinajstić information content (AvgIpc) is 2.35. The van der Waals surface area contributed by atoms with Crippen molar-refractivity contribution in [1.82, 2.24) is 19.7 Å². The Balaban J connectivity index is 3.00. The van der Waals surface area contributed by atoms with Gasteiger partial charge in [0, 0.05) is 12.1 Å². The quantitative estimate of drug-likeness (QED) is 0.726. The van der Waals surface area contributed by atoms with Gasteiger partial charge in [-0.2, -0.15) is 0 Å². The molecule has 80 valence electrons. The first kappa shape index (κ1) is 11.2. The molecule has 0 aliphatic carbocycles. The zero-order chi connectivity index (χ0) is 10.9. The lowest BCUT2D eigenvalue weighted by Gasteiger charge is -2.32. The van der Waals surface area contributed by atoms with Gasteiger partial charge < -0.3 is 4.90 Å². The molecule has 1 aromatic rings. The van der Waals surface area contributed by atoms with Crippen molar-refractivity contribution in [3.05, 3.63) is 15.3 Å². The molecule has 0 aliphatic heterocycles. The van der Waals surface area contributed by atoms with Gasteiger partial charge in [-0.15, -0.1) is 0 Å². The topological polar surface area (TPSA) is 56.8 Å². The van der Waals surface area contributed by atoms with Crippen LogP contribution in [0, 0.1) is 4.77 Å². The van der Waals surface area contributed by atoms with Crippen molar-refractivity contribution in [2.45, 2.75) is 25.9 Å². The second-order valence-electron chi connectivity index (χ2n) is 4.15. The number of likely N-dealkylation sites (N-methyl/N-ethyl adjacent to an activating group) is 1. The molecule has 0 amide bonds. The van der Waals surface area contributed by atoms with Crippen LogP contribution in [0.4, 0.5) is 0 Å². The lowest BCUT2D eigenvalue weighted by atomic mass is 10.0. The number of nitrogens with zero attached hydrogens (tertiary/aromatic N) is 2. The summed E-state index contributed by atoms with van der Waals surface area (Å²) in [5.41, 5.74) is -0.294. The smallest absolute Gasteiger partial charge is 0.302 e. The Bertz CT molecular complexity index is 384. The average molecular weight is 216 g/mol. The molecule has 0 bridgehead atoms. The van der Waals surface area contributed by atoms with Gasteiger partial charge in [0.1, 0.15) is 0 Å². The highest BCUT2D eigenvalue weighted by atomic mass is 32.1. The number of hydrogen-bond acceptors (Lipinski definition) is 3. The summed E-state index contributed by atoms with van der Waals surface area (Å²) in [7, 11) is 3.95. The Kier molecular flexibility index (Phi) is 2.96. The van der Waals surface area contributed by atoms with Crippen LogP contribution in [0.1, 0.15) is 13.8 Å². The minimum absolute atomic E-state index is 0.104. The van der Waals surface area contributed by atoms with Crippen molar-refractivity contribution in [3.63, 3.8) is 0 Å². The first-order chi connectivity index (χ1) is 6.34. The summed E-state index contributed by atoms with van der Waals surface area (Å²) in [5, 5.41) is 5.08. The van der Waals surface area contributed by atoms with Crippen LogP contribution in [0.2, 0.25) is 0 Å². The number of nitrogens with one attached hydrogen (secondary N) is 2. The molecule has 6 heteroatoms. The molecule has 0 spiro atoms. The third kappa shape index (κ3) is 2.13. The van der Waals surface area contributed by atoms with Crippen molar-refractivity contribution in [2.75, 3.05) is 14.1 Å². The molecule has 0 unspecified atom stereocenters. The highest BCUT2D eigenvalue weighted by Gasteiger charge is 2.22. The Morgan fingerprint density at radius 1 is 1.43 bits per heavy atom. The van der Waals surface area contributed by atoms with Crippen molar-refractivity contribution in [2.24, 2.45) is 0 Å². The molecule has 0 aromatic carbocycles. The molecular weight excluding hydrogens is 200 g/mol. The number of rotatable bonds is 3. The molecule has 1 heterocycles. The molecule has 5 nitrogen and oxygen atoms in total.